The topological polar surface area (TPSA) is 35.5 Å². The molecular formula is C14H20BrCl2F3N2O. The van der Waals surface area contributed by atoms with E-state index in [1.54, 1.807) is 12.1 Å². The molecule has 2 rings (SSSR count). The van der Waals surface area contributed by atoms with Crippen molar-refractivity contribution in [3.8, 4) is 5.75 Å². The Bertz CT molecular complexity index is 486. The van der Waals surface area contributed by atoms with Crippen LogP contribution in [0, 0.1) is 0 Å². The van der Waals surface area contributed by atoms with Crippen LogP contribution in [-0.2, 0) is 0 Å². The van der Waals surface area contributed by atoms with Crippen molar-refractivity contribution in [1.82, 2.24) is 10.2 Å². The van der Waals surface area contributed by atoms with E-state index in [0.29, 0.717) is 18.7 Å². The summed E-state index contributed by atoms with van der Waals surface area (Å²) >= 11 is 3.38. The summed E-state index contributed by atoms with van der Waals surface area (Å²) in [4.78, 5) is 2.04. The highest BCUT2D eigenvalue weighted by atomic mass is 79.9. The van der Waals surface area contributed by atoms with E-state index in [4.69, 9.17) is 0 Å². The summed E-state index contributed by atoms with van der Waals surface area (Å²) in [5, 5.41) is 12.8. The van der Waals surface area contributed by atoms with Crippen LogP contribution in [-0.4, -0.2) is 42.4 Å². The van der Waals surface area contributed by atoms with Crippen molar-refractivity contribution in [3.63, 3.8) is 0 Å². The van der Waals surface area contributed by atoms with E-state index in [9.17, 15) is 18.3 Å². The summed E-state index contributed by atoms with van der Waals surface area (Å²) in [7, 11) is 0. The minimum absolute atomic E-state index is 0. The highest BCUT2D eigenvalue weighted by molar-refractivity contribution is 9.10. The van der Waals surface area contributed by atoms with Gasteiger partial charge in [-0.3, -0.25) is 4.90 Å². The van der Waals surface area contributed by atoms with Gasteiger partial charge in [-0.15, -0.1) is 24.8 Å². The molecule has 23 heavy (non-hydrogen) atoms. The zero-order valence-corrected chi connectivity index (χ0v) is 15.5. The lowest BCUT2D eigenvalue weighted by Gasteiger charge is -2.36. The highest BCUT2D eigenvalue weighted by Crippen LogP contribution is 2.36. The second-order valence-corrected chi connectivity index (χ2v) is 6.02. The molecule has 134 valence electrons. The first-order chi connectivity index (χ1) is 9.87. The van der Waals surface area contributed by atoms with E-state index in [-0.39, 0.29) is 43.0 Å². The minimum Gasteiger partial charge on any atom is -0.508 e. The van der Waals surface area contributed by atoms with Gasteiger partial charge >= 0.3 is 6.18 Å². The van der Waals surface area contributed by atoms with E-state index >= 15 is 0 Å². The van der Waals surface area contributed by atoms with Gasteiger partial charge in [0.15, 0.2) is 0 Å². The fourth-order valence-electron chi connectivity index (χ4n) is 2.62. The lowest BCUT2D eigenvalue weighted by atomic mass is 9.99. The molecule has 3 nitrogen and oxygen atoms in total. The molecule has 0 bridgehead atoms. The lowest BCUT2D eigenvalue weighted by Crippen LogP contribution is -2.45. The monoisotopic (exact) mass is 438 g/mol. The number of benzene rings is 1. The second kappa shape index (κ2) is 9.93. The number of piperazine rings is 1. The molecule has 0 amide bonds. The van der Waals surface area contributed by atoms with Crippen LogP contribution in [0.15, 0.2) is 22.7 Å². The Morgan fingerprint density at radius 1 is 1.22 bits per heavy atom. The third-order valence-corrected chi connectivity index (χ3v) is 4.35. The minimum atomic E-state index is -4.17. The average Bonchev–Trinajstić information content (AvgIpc) is 2.43. The number of halogens is 6. The van der Waals surface area contributed by atoms with Gasteiger partial charge in [-0.05, 0) is 30.2 Å². The Balaban J connectivity index is 0.00000242. The predicted octanol–water partition coefficient (Wildman–Crippen LogP) is 4.29. The quantitative estimate of drug-likeness (QED) is 0.734. The maximum Gasteiger partial charge on any atom is 0.389 e. The normalized spacial score (nSPS) is 17.0. The first-order valence-corrected chi connectivity index (χ1v) is 7.66. The zero-order valence-electron chi connectivity index (χ0n) is 12.3. The molecule has 1 aromatic carbocycles. The van der Waals surface area contributed by atoms with Crippen LogP contribution in [0.5, 0.6) is 5.75 Å². The molecule has 0 radical (unpaired) electrons. The molecule has 1 saturated heterocycles. The summed E-state index contributed by atoms with van der Waals surface area (Å²) in [6.07, 6.45) is -5.01. The van der Waals surface area contributed by atoms with Gasteiger partial charge in [0.25, 0.3) is 0 Å². The SMILES string of the molecule is Cl.Cl.Oc1ccc(Br)c([C@H](CCC(F)(F)F)N2CCNCC2)c1. The maximum atomic E-state index is 12.6. The van der Waals surface area contributed by atoms with Crippen molar-refractivity contribution in [3.05, 3.63) is 28.2 Å². The van der Waals surface area contributed by atoms with E-state index in [1.807, 2.05) is 4.90 Å². The van der Waals surface area contributed by atoms with Crippen molar-refractivity contribution in [2.75, 3.05) is 26.2 Å². The summed E-state index contributed by atoms with van der Waals surface area (Å²) in [6, 6.07) is 4.39. The first kappa shape index (κ1) is 22.8. The number of nitrogens with zero attached hydrogens (tertiary/aromatic N) is 1. The second-order valence-electron chi connectivity index (χ2n) is 5.16. The van der Waals surface area contributed by atoms with Gasteiger partial charge in [0, 0.05) is 43.1 Å². The summed E-state index contributed by atoms with van der Waals surface area (Å²) < 4.78 is 38.5. The van der Waals surface area contributed by atoms with Crippen molar-refractivity contribution < 1.29 is 18.3 Å². The largest absolute Gasteiger partial charge is 0.508 e. The maximum absolute atomic E-state index is 12.6. The smallest absolute Gasteiger partial charge is 0.389 e. The molecule has 0 aromatic heterocycles. The standard InChI is InChI=1S/C14H18BrF3N2O.2ClH/c15-12-2-1-10(21)9-11(12)13(3-4-14(16,17)18)20-7-5-19-6-8-20;;/h1-2,9,13,19,21H,3-8H2;2*1H/t13-;;/m0../s1. The van der Waals surface area contributed by atoms with Gasteiger partial charge in [-0.25, -0.2) is 0 Å². The number of aromatic hydroxyl groups is 1. The Morgan fingerprint density at radius 3 is 2.39 bits per heavy atom. The van der Waals surface area contributed by atoms with Crippen LogP contribution >= 0.6 is 40.7 Å². The number of hydrogen-bond donors (Lipinski definition) is 2. The lowest BCUT2D eigenvalue weighted by molar-refractivity contribution is -0.138. The highest BCUT2D eigenvalue weighted by Gasteiger charge is 2.32. The van der Waals surface area contributed by atoms with Crippen LogP contribution in [0.2, 0.25) is 0 Å². The molecular weight excluding hydrogens is 420 g/mol. The summed E-state index contributed by atoms with van der Waals surface area (Å²) in [5.74, 6) is 0.0698. The first-order valence-electron chi connectivity index (χ1n) is 6.87. The zero-order chi connectivity index (χ0) is 15.5. The third-order valence-electron chi connectivity index (χ3n) is 3.63. The van der Waals surface area contributed by atoms with Gasteiger partial charge in [-0.1, -0.05) is 15.9 Å². The Labute approximate surface area is 154 Å². The van der Waals surface area contributed by atoms with E-state index in [0.717, 1.165) is 17.6 Å². The van der Waals surface area contributed by atoms with E-state index < -0.39 is 12.6 Å². The number of phenols is 1. The predicted molar refractivity (Wildman–Crippen MR) is 92.8 cm³/mol. The molecule has 1 heterocycles. The molecule has 0 aliphatic carbocycles. The molecule has 0 unspecified atom stereocenters. The van der Waals surface area contributed by atoms with Gasteiger partial charge in [0.1, 0.15) is 5.75 Å². The molecule has 1 fully saturated rings. The fourth-order valence-corrected chi connectivity index (χ4v) is 3.13. The number of nitrogens with one attached hydrogen (secondary N) is 1. The Kier molecular flexibility index (Phi) is 9.84. The number of phenolic OH excluding ortho intramolecular Hbond substituents is 1. The summed E-state index contributed by atoms with van der Waals surface area (Å²) in [5.41, 5.74) is 0.709. The van der Waals surface area contributed by atoms with Gasteiger partial charge in [0.05, 0.1) is 0 Å². The van der Waals surface area contributed by atoms with Crippen LogP contribution in [0.3, 0.4) is 0 Å². The van der Waals surface area contributed by atoms with Gasteiger partial charge < -0.3 is 10.4 Å². The molecule has 2 N–H and O–H groups in total. The third kappa shape index (κ3) is 7.05. The number of alkyl halides is 3. The van der Waals surface area contributed by atoms with E-state index in [1.165, 1.54) is 6.07 Å². The number of rotatable bonds is 4. The average molecular weight is 440 g/mol. The van der Waals surface area contributed by atoms with Crippen molar-refractivity contribution in [2.24, 2.45) is 0 Å². The Hall–Kier alpha value is -0.210. The van der Waals surface area contributed by atoms with Crippen LogP contribution < -0.4 is 5.32 Å². The molecule has 9 heteroatoms. The van der Waals surface area contributed by atoms with E-state index in [2.05, 4.69) is 21.2 Å². The number of hydrogen-bond acceptors (Lipinski definition) is 3. The molecule has 0 saturated carbocycles. The van der Waals surface area contributed by atoms with Crippen LogP contribution in [0.4, 0.5) is 13.2 Å². The molecule has 0 spiro atoms. The van der Waals surface area contributed by atoms with Crippen molar-refractivity contribution in [2.45, 2.75) is 25.1 Å². The van der Waals surface area contributed by atoms with Crippen LogP contribution in [0.25, 0.3) is 0 Å². The van der Waals surface area contributed by atoms with Crippen LogP contribution in [0.1, 0.15) is 24.4 Å². The molecule has 1 aromatic rings. The van der Waals surface area contributed by atoms with Gasteiger partial charge in [0.2, 0.25) is 0 Å². The summed E-state index contributed by atoms with van der Waals surface area (Å²) in [6.45, 7) is 2.92. The molecule has 1 aliphatic rings. The van der Waals surface area contributed by atoms with Gasteiger partial charge in [-0.2, -0.15) is 13.2 Å². The fraction of sp³-hybridized carbons (Fsp3) is 0.571. The molecule has 1 aliphatic heterocycles. The van der Waals surface area contributed by atoms with Crippen molar-refractivity contribution in [1.29, 1.82) is 0 Å². The molecule has 1 atom stereocenters. The van der Waals surface area contributed by atoms with Crippen molar-refractivity contribution >= 4 is 40.7 Å². The Morgan fingerprint density at radius 2 is 1.83 bits per heavy atom.